The molecule has 1 aromatic rings. The molecule has 1 saturated heterocycles. The van der Waals surface area contributed by atoms with E-state index in [1.165, 1.54) is 0 Å². The van der Waals surface area contributed by atoms with Gasteiger partial charge in [-0.1, -0.05) is 34.8 Å². The molecule has 5 heteroatoms. The van der Waals surface area contributed by atoms with Crippen LogP contribution in [0.3, 0.4) is 0 Å². The molecule has 0 saturated carbocycles. The second kappa shape index (κ2) is 6.58. The molecule has 1 aromatic carbocycles. The lowest BCUT2D eigenvalue weighted by Crippen LogP contribution is -2.40. The Morgan fingerprint density at radius 1 is 1.20 bits per heavy atom. The van der Waals surface area contributed by atoms with Crippen molar-refractivity contribution in [3.8, 4) is 0 Å². The molecule has 2 rings (SSSR count). The van der Waals surface area contributed by atoms with E-state index >= 15 is 0 Å². The number of rotatable bonds is 3. The molecule has 1 aliphatic rings. The van der Waals surface area contributed by atoms with Gasteiger partial charge in [0, 0.05) is 17.9 Å². The van der Waals surface area contributed by atoms with Gasteiger partial charge in [-0.3, -0.25) is 0 Å². The lowest BCUT2D eigenvalue weighted by Gasteiger charge is -2.28. The van der Waals surface area contributed by atoms with Crippen LogP contribution < -0.4 is 0 Å². The molecule has 20 heavy (non-hydrogen) atoms. The quantitative estimate of drug-likeness (QED) is 0.772. The summed E-state index contributed by atoms with van der Waals surface area (Å²) in [6.07, 6.45) is 4.11. The molecule has 3 nitrogen and oxygen atoms in total. The van der Waals surface area contributed by atoms with E-state index in [0.29, 0.717) is 16.8 Å². The van der Waals surface area contributed by atoms with Gasteiger partial charge in [-0.2, -0.15) is 4.31 Å². The lowest BCUT2D eigenvalue weighted by molar-refractivity contribution is 0.347. The van der Waals surface area contributed by atoms with Gasteiger partial charge in [0.2, 0.25) is 10.0 Å². The highest BCUT2D eigenvalue weighted by Crippen LogP contribution is 2.26. The number of benzene rings is 1. The minimum Gasteiger partial charge on any atom is -0.207 e. The smallest absolute Gasteiger partial charge is 0.207 e. The van der Waals surface area contributed by atoms with Crippen LogP contribution in [0.25, 0.3) is 0 Å². The molecule has 1 unspecified atom stereocenters. The van der Waals surface area contributed by atoms with E-state index in [1.54, 1.807) is 16.4 Å². The summed E-state index contributed by atoms with van der Waals surface area (Å²) >= 11 is 3.47. The minimum absolute atomic E-state index is 0.0732. The highest BCUT2D eigenvalue weighted by Gasteiger charge is 2.31. The Morgan fingerprint density at radius 3 is 2.60 bits per heavy atom. The SMILES string of the molecule is Cc1ccc(S(=O)(=O)N2CCCCCC2CBr)cc1C. The number of hydrogen-bond donors (Lipinski definition) is 0. The lowest BCUT2D eigenvalue weighted by atomic mass is 10.1. The van der Waals surface area contributed by atoms with Crippen LogP contribution in [-0.4, -0.2) is 30.6 Å². The van der Waals surface area contributed by atoms with Crippen molar-refractivity contribution in [2.45, 2.75) is 50.5 Å². The summed E-state index contributed by atoms with van der Waals surface area (Å²) in [7, 11) is -3.38. The zero-order valence-electron chi connectivity index (χ0n) is 12.1. The van der Waals surface area contributed by atoms with Gasteiger partial charge in [0.05, 0.1) is 4.90 Å². The second-order valence-corrected chi connectivity index (χ2v) is 8.06. The van der Waals surface area contributed by atoms with Gasteiger partial charge in [0.15, 0.2) is 0 Å². The summed E-state index contributed by atoms with van der Waals surface area (Å²) < 4.78 is 27.4. The summed E-state index contributed by atoms with van der Waals surface area (Å²) in [4.78, 5) is 0.424. The van der Waals surface area contributed by atoms with Crippen LogP contribution in [0.15, 0.2) is 23.1 Å². The maximum Gasteiger partial charge on any atom is 0.243 e. The number of aryl methyl sites for hydroxylation is 2. The first kappa shape index (κ1) is 16.0. The fourth-order valence-corrected chi connectivity index (χ4v) is 5.27. The average Bonchev–Trinajstić information content (AvgIpc) is 2.67. The van der Waals surface area contributed by atoms with Gasteiger partial charge in [-0.15, -0.1) is 0 Å². The first-order chi connectivity index (χ1) is 9.46. The molecule has 1 fully saturated rings. The maximum atomic E-state index is 12.9. The van der Waals surface area contributed by atoms with E-state index < -0.39 is 10.0 Å². The number of alkyl halides is 1. The molecule has 0 aliphatic carbocycles. The van der Waals surface area contributed by atoms with Gasteiger partial charge in [-0.25, -0.2) is 8.42 Å². The Hall–Kier alpha value is -0.390. The van der Waals surface area contributed by atoms with Crippen molar-refractivity contribution in [3.05, 3.63) is 29.3 Å². The molecular formula is C15H22BrNO2S. The normalized spacial score (nSPS) is 21.6. The van der Waals surface area contributed by atoms with Crippen molar-refractivity contribution < 1.29 is 8.42 Å². The van der Waals surface area contributed by atoms with Crippen molar-refractivity contribution in [2.24, 2.45) is 0 Å². The summed E-state index contributed by atoms with van der Waals surface area (Å²) in [5.41, 5.74) is 2.15. The van der Waals surface area contributed by atoms with E-state index in [0.717, 1.165) is 36.8 Å². The van der Waals surface area contributed by atoms with Crippen molar-refractivity contribution in [1.29, 1.82) is 0 Å². The predicted molar refractivity (Wildman–Crippen MR) is 85.9 cm³/mol. The molecule has 0 amide bonds. The van der Waals surface area contributed by atoms with E-state index in [-0.39, 0.29) is 6.04 Å². The van der Waals surface area contributed by atoms with Crippen LogP contribution in [0, 0.1) is 13.8 Å². The largest absolute Gasteiger partial charge is 0.243 e. The number of halogens is 1. The molecular weight excluding hydrogens is 338 g/mol. The van der Waals surface area contributed by atoms with Crippen molar-refractivity contribution in [1.82, 2.24) is 4.31 Å². The van der Waals surface area contributed by atoms with E-state index in [1.807, 2.05) is 19.9 Å². The van der Waals surface area contributed by atoms with Crippen LogP contribution in [0.4, 0.5) is 0 Å². The predicted octanol–water partition coefficient (Wildman–Crippen LogP) is 3.63. The molecule has 112 valence electrons. The Balaban J connectivity index is 2.38. The van der Waals surface area contributed by atoms with Gasteiger partial charge < -0.3 is 0 Å². The van der Waals surface area contributed by atoms with Crippen LogP contribution in [0.1, 0.15) is 36.8 Å². The van der Waals surface area contributed by atoms with Crippen molar-refractivity contribution in [3.63, 3.8) is 0 Å². The molecule has 0 N–H and O–H groups in total. The van der Waals surface area contributed by atoms with Crippen LogP contribution >= 0.6 is 15.9 Å². The third-order valence-electron chi connectivity index (χ3n) is 4.09. The summed E-state index contributed by atoms with van der Waals surface area (Å²) in [5.74, 6) is 0. The third-order valence-corrected chi connectivity index (χ3v) is 6.78. The van der Waals surface area contributed by atoms with E-state index in [2.05, 4.69) is 15.9 Å². The van der Waals surface area contributed by atoms with Gasteiger partial charge in [-0.05, 0) is 49.9 Å². The Morgan fingerprint density at radius 2 is 1.95 bits per heavy atom. The first-order valence-corrected chi connectivity index (χ1v) is 9.68. The highest BCUT2D eigenvalue weighted by atomic mass is 79.9. The second-order valence-electron chi connectivity index (χ2n) is 5.52. The molecule has 1 aliphatic heterocycles. The van der Waals surface area contributed by atoms with Crippen LogP contribution in [-0.2, 0) is 10.0 Å². The Labute approximate surface area is 130 Å². The number of nitrogens with zero attached hydrogens (tertiary/aromatic N) is 1. The molecule has 1 atom stereocenters. The molecule has 0 spiro atoms. The standard InChI is InChI=1S/C15H22BrNO2S/c1-12-7-8-15(10-13(12)2)20(18,19)17-9-5-3-4-6-14(17)11-16/h7-8,10,14H,3-6,9,11H2,1-2H3. The molecule has 0 bridgehead atoms. The minimum atomic E-state index is -3.38. The Kier molecular flexibility index (Phi) is 5.26. The zero-order chi connectivity index (χ0) is 14.8. The molecule has 0 radical (unpaired) electrons. The monoisotopic (exact) mass is 359 g/mol. The highest BCUT2D eigenvalue weighted by molar-refractivity contribution is 9.09. The number of hydrogen-bond acceptors (Lipinski definition) is 2. The average molecular weight is 360 g/mol. The molecule has 0 aromatic heterocycles. The first-order valence-electron chi connectivity index (χ1n) is 7.12. The van der Waals surface area contributed by atoms with Crippen molar-refractivity contribution >= 4 is 26.0 Å². The summed E-state index contributed by atoms with van der Waals surface area (Å²) in [6, 6.07) is 5.49. The van der Waals surface area contributed by atoms with Gasteiger partial charge >= 0.3 is 0 Å². The van der Waals surface area contributed by atoms with Crippen LogP contribution in [0.5, 0.6) is 0 Å². The molecule has 1 heterocycles. The fraction of sp³-hybridized carbons (Fsp3) is 0.600. The topological polar surface area (TPSA) is 37.4 Å². The van der Waals surface area contributed by atoms with Crippen molar-refractivity contribution in [2.75, 3.05) is 11.9 Å². The Bertz CT molecular complexity index is 571. The summed E-state index contributed by atoms with van der Waals surface area (Å²) in [6.45, 7) is 4.59. The third kappa shape index (κ3) is 3.26. The van der Waals surface area contributed by atoms with Gasteiger partial charge in [0.25, 0.3) is 0 Å². The fourth-order valence-electron chi connectivity index (χ4n) is 2.63. The summed E-state index contributed by atoms with van der Waals surface area (Å²) in [5, 5.41) is 0.705. The van der Waals surface area contributed by atoms with Crippen LogP contribution in [0.2, 0.25) is 0 Å². The number of sulfonamides is 1. The van der Waals surface area contributed by atoms with Gasteiger partial charge in [0.1, 0.15) is 0 Å². The van der Waals surface area contributed by atoms with E-state index in [4.69, 9.17) is 0 Å². The maximum absolute atomic E-state index is 12.9. The zero-order valence-corrected chi connectivity index (χ0v) is 14.5. The van der Waals surface area contributed by atoms with E-state index in [9.17, 15) is 8.42 Å².